The SMILES string of the molecule is c1ccc(N(c2ccccc2)c2cccc3c4cccc5c6cc7cc8c9cccc%10c%11cccc(N(c%12ccccc%12)c%12ccccc%12)c%11n(c8cc7cc6n(c23)c54)c9%10)cc1. The van der Waals surface area contributed by atoms with E-state index in [1.165, 1.54) is 87.0 Å². The Bertz CT molecular complexity index is 3680. The van der Waals surface area contributed by atoms with E-state index in [-0.39, 0.29) is 0 Å². The molecule has 0 aliphatic carbocycles. The Morgan fingerprint density at radius 1 is 0.242 bits per heavy atom. The standard InChI is InChI=1S/C58H36N4/c1-5-17-39(18-6-1)59(40-19-7-2-8-20-40)51-31-15-29-45-43-25-13-27-47-49-33-37-34-50-48-28-14-26-44-46-30-16-32-52(60(41-21-9-3-10-22-41)42-23-11-4-12-24-42)58(46)62(56(44)48)54(50)36-38(37)35-53(49)61(55(43)47)57(45)51/h1-36H. The molecule has 0 saturated carbocycles. The third-order valence-electron chi connectivity index (χ3n) is 13.2. The van der Waals surface area contributed by atoms with Crippen LogP contribution in [0.2, 0.25) is 0 Å². The summed E-state index contributed by atoms with van der Waals surface area (Å²) in [4.78, 5) is 4.81. The fourth-order valence-electron chi connectivity index (χ4n) is 10.8. The van der Waals surface area contributed by atoms with Crippen molar-refractivity contribution in [3.8, 4) is 0 Å². The molecule has 4 heterocycles. The van der Waals surface area contributed by atoms with E-state index >= 15 is 0 Å². The minimum Gasteiger partial charge on any atom is -0.308 e. The van der Waals surface area contributed by atoms with Crippen molar-refractivity contribution in [3.63, 3.8) is 0 Å². The van der Waals surface area contributed by atoms with Crippen LogP contribution in [0.25, 0.3) is 87.0 Å². The van der Waals surface area contributed by atoms with E-state index < -0.39 is 0 Å². The summed E-state index contributed by atoms with van der Waals surface area (Å²) in [5.41, 5.74) is 14.2. The number of nitrogens with zero attached hydrogens (tertiary/aromatic N) is 4. The van der Waals surface area contributed by atoms with Crippen molar-refractivity contribution in [1.82, 2.24) is 8.80 Å². The Kier molecular flexibility index (Phi) is 6.80. The first kappa shape index (κ1) is 33.5. The Hall–Kier alpha value is -8.34. The summed E-state index contributed by atoms with van der Waals surface area (Å²) in [6.07, 6.45) is 0. The third-order valence-corrected chi connectivity index (χ3v) is 13.2. The average Bonchev–Trinajstić information content (AvgIpc) is 4.06. The van der Waals surface area contributed by atoms with Crippen LogP contribution >= 0.6 is 0 Å². The van der Waals surface area contributed by atoms with Crippen LogP contribution in [0.15, 0.2) is 218 Å². The van der Waals surface area contributed by atoms with Gasteiger partial charge in [-0.25, -0.2) is 0 Å². The monoisotopic (exact) mass is 788 g/mol. The lowest BCUT2D eigenvalue weighted by molar-refractivity contribution is 1.27. The Morgan fingerprint density at radius 2 is 0.532 bits per heavy atom. The molecule has 0 radical (unpaired) electrons. The smallest absolute Gasteiger partial charge is 0.0782 e. The minimum absolute atomic E-state index is 1.12. The summed E-state index contributed by atoms with van der Waals surface area (Å²) in [6.45, 7) is 0. The summed E-state index contributed by atoms with van der Waals surface area (Å²) in [6, 6.07) is 80.0. The summed E-state index contributed by atoms with van der Waals surface area (Å²) in [7, 11) is 0. The lowest BCUT2D eigenvalue weighted by Gasteiger charge is -2.26. The van der Waals surface area contributed by atoms with Crippen molar-refractivity contribution >= 4 is 121 Å². The van der Waals surface area contributed by atoms with Crippen molar-refractivity contribution in [3.05, 3.63) is 218 Å². The van der Waals surface area contributed by atoms with Crippen LogP contribution in [-0.4, -0.2) is 8.80 Å². The molecule has 14 rings (SSSR count). The molecule has 288 valence electrons. The predicted molar refractivity (Wildman–Crippen MR) is 263 cm³/mol. The predicted octanol–water partition coefficient (Wildman–Crippen LogP) is 16.1. The highest BCUT2D eigenvalue weighted by Crippen LogP contribution is 2.49. The zero-order valence-corrected chi connectivity index (χ0v) is 33.6. The van der Waals surface area contributed by atoms with Gasteiger partial charge in [-0.1, -0.05) is 133 Å². The highest BCUT2D eigenvalue weighted by atomic mass is 15.2. The van der Waals surface area contributed by atoms with Crippen molar-refractivity contribution in [2.45, 2.75) is 0 Å². The van der Waals surface area contributed by atoms with Gasteiger partial charge in [0.15, 0.2) is 0 Å². The number of hydrogen-bond acceptors (Lipinski definition) is 2. The normalized spacial score (nSPS) is 12.2. The van der Waals surface area contributed by atoms with Crippen LogP contribution in [0.1, 0.15) is 0 Å². The number of aromatic nitrogens is 2. The molecule has 0 bridgehead atoms. The first-order valence-corrected chi connectivity index (χ1v) is 21.4. The second-order valence-electron chi connectivity index (χ2n) is 16.5. The van der Waals surface area contributed by atoms with Gasteiger partial charge >= 0.3 is 0 Å². The molecule has 0 aliphatic heterocycles. The second kappa shape index (κ2) is 12.6. The zero-order chi connectivity index (χ0) is 40.5. The maximum Gasteiger partial charge on any atom is 0.0782 e. The quantitative estimate of drug-likeness (QED) is 0.167. The van der Waals surface area contributed by atoms with Crippen molar-refractivity contribution in [1.29, 1.82) is 0 Å². The Labute approximate surface area is 356 Å². The van der Waals surface area contributed by atoms with Gasteiger partial charge in [-0.15, -0.1) is 0 Å². The van der Waals surface area contributed by atoms with Gasteiger partial charge < -0.3 is 18.6 Å². The molecule has 14 aromatic rings. The maximum atomic E-state index is 2.55. The molecule has 0 N–H and O–H groups in total. The Morgan fingerprint density at radius 3 is 0.887 bits per heavy atom. The van der Waals surface area contributed by atoms with E-state index in [4.69, 9.17) is 0 Å². The molecular formula is C58H36N4. The topological polar surface area (TPSA) is 15.3 Å². The lowest BCUT2D eigenvalue weighted by atomic mass is 10.0. The summed E-state index contributed by atoms with van der Waals surface area (Å²) in [5.74, 6) is 0. The first-order valence-electron chi connectivity index (χ1n) is 21.4. The molecular weight excluding hydrogens is 753 g/mol. The number of rotatable bonds is 6. The van der Waals surface area contributed by atoms with E-state index in [9.17, 15) is 0 Å². The molecule has 4 aromatic heterocycles. The molecule has 4 heteroatoms. The summed E-state index contributed by atoms with van der Waals surface area (Å²) in [5, 5.41) is 12.6. The molecule has 0 saturated heterocycles. The number of fused-ring (bicyclic) bond motifs is 13. The average molecular weight is 789 g/mol. The molecule has 0 fully saturated rings. The third kappa shape index (κ3) is 4.50. The van der Waals surface area contributed by atoms with E-state index in [2.05, 4.69) is 237 Å². The zero-order valence-electron chi connectivity index (χ0n) is 33.6. The number of para-hydroxylation sites is 8. The van der Waals surface area contributed by atoms with Gasteiger partial charge in [0.1, 0.15) is 0 Å². The van der Waals surface area contributed by atoms with Crippen molar-refractivity contribution < 1.29 is 0 Å². The van der Waals surface area contributed by atoms with E-state index in [0.29, 0.717) is 0 Å². The van der Waals surface area contributed by atoms with Gasteiger partial charge in [0.2, 0.25) is 0 Å². The molecule has 0 aliphatic rings. The van der Waals surface area contributed by atoms with E-state index in [1.807, 2.05) is 0 Å². The van der Waals surface area contributed by atoms with Gasteiger partial charge in [-0.3, -0.25) is 0 Å². The first-order chi connectivity index (χ1) is 30.8. The molecule has 0 amide bonds. The van der Waals surface area contributed by atoms with E-state index in [0.717, 1.165) is 34.1 Å². The minimum atomic E-state index is 1.12. The second-order valence-corrected chi connectivity index (χ2v) is 16.5. The number of anilines is 6. The highest BCUT2D eigenvalue weighted by molar-refractivity contribution is 6.29. The van der Waals surface area contributed by atoms with Gasteiger partial charge in [0.05, 0.1) is 44.5 Å². The molecule has 10 aromatic carbocycles. The highest BCUT2D eigenvalue weighted by Gasteiger charge is 2.26. The molecule has 4 nitrogen and oxygen atoms in total. The van der Waals surface area contributed by atoms with Gasteiger partial charge in [0, 0.05) is 65.8 Å². The van der Waals surface area contributed by atoms with Gasteiger partial charge in [-0.05, 0) is 95.7 Å². The van der Waals surface area contributed by atoms with Crippen molar-refractivity contribution in [2.24, 2.45) is 0 Å². The molecule has 0 spiro atoms. The van der Waals surface area contributed by atoms with Gasteiger partial charge in [0.25, 0.3) is 0 Å². The fraction of sp³-hybridized carbons (Fsp3) is 0. The van der Waals surface area contributed by atoms with Crippen LogP contribution < -0.4 is 9.80 Å². The number of hydrogen-bond donors (Lipinski definition) is 0. The molecule has 0 unspecified atom stereocenters. The lowest BCUT2D eigenvalue weighted by Crippen LogP contribution is -2.10. The fourth-order valence-corrected chi connectivity index (χ4v) is 10.8. The van der Waals surface area contributed by atoms with Crippen LogP contribution in [0, 0.1) is 0 Å². The van der Waals surface area contributed by atoms with Crippen LogP contribution in [0.5, 0.6) is 0 Å². The van der Waals surface area contributed by atoms with Crippen LogP contribution in [-0.2, 0) is 0 Å². The molecule has 0 atom stereocenters. The summed E-state index contributed by atoms with van der Waals surface area (Å²) >= 11 is 0. The van der Waals surface area contributed by atoms with Crippen LogP contribution in [0.4, 0.5) is 34.1 Å². The Balaban J connectivity index is 1.09. The number of benzene rings is 10. The van der Waals surface area contributed by atoms with Gasteiger partial charge in [-0.2, -0.15) is 0 Å². The maximum absolute atomic E-state index is 2.55. The largest absolute Gasteiger partial charge is 0.308 e. The van der Waals surface area contributed by atoms with E-state index in [1.54, 1.807) is 0 Å². The summed E-state index contributed by atoms with van der Waals surface area (Å²) < 4.78 is 5.09. The van der Waals surface area contributed by atoms with Crippen LogP contribution in [0.3, 0.4) is 0 Å². The molecule has 62 heavy (non-hydrogen) atoms. The van der Waals surface area contributed by atoms with Crippen molar-refractivity contribution in [2.75, 3.05) is 9.80 Å².